The van der Waals surface area contributed by atoms with Gasteiger partial charge in [-0.2, -0.15) is 0 Å². The van der Waals surface area contributed by atoms with Crippen LogP contribution in [0.25, 0.3) is 22.3 Å². The molecule has 142 valence electrons. The van der Waals surface area contributed by atoms with Crippen LogP contribution in [0.2, 0.25) is 0 Å². The molecule has 0 aliphatic carbocycles. The normalized spacial score (nSPS) is 12.5. The van der Waals surface area contributed by atoms with Crippen molar-refractivity contribution >= 4 is 16.7 Å². The second kappa shape index (κ2) is 7.84. The van der Waals surface area contributed by atoms with Crippen molar-refractivity contribution in [3.8, 4) is 17.1 Å². The first-order valence-corrected chi connectivity index (χ1v) is 8.79. The summed E-state index contributed by atoms with van der Waals surface area (Å²) in [6, 6.07) is 8.88. The first-order chi connectivity index (χ1) is 12.8. The smallest absolute Gasteiger partial charge is 0.165 e. The van der Waals surface area contributed by atoms with Gasteiger partial charge in [-0.3, -0.25) is 0 Å². The fourth-order valence-corrected chi connectivity index (χ4v) is 2.96. The van der Waals surface area contributed by atoms with E-state index in [-0.39, 0.29) is 17.4 Å². The molecule has 1 heterocycles. The average Bonchev–Trinajstić information content (AvgIpc) is 2.62. The van der Waals surface area contributed by atoms with Crippen molar-refractivity contribution < 1.29 is 13.9 Å². The van der Waals surface area contributed by atoms with E-state index in [0.717, 1.165) is 23.9 Å². The Morgan fingerprint density at radius 1 is 1.11 bits per heavy atom. The lowest BCUT2D eigenvalue weighted by molar-refractivity contribution is 0.456. The van der Waals surface area contributed by atoms with Crippen molar-refractivity contribution in [2.45, 2.75) is 26.3 Å². The second-order valence-corrected chi connectivity index (χ2v) is 6.97. The van der Waals surface area contributed by atoms with Gasteiger partial charge in [-0.25, -0.2) is 18.7 Å². The molecule has 0 aliphatic heterocycles. The van der Waals surface area contributed by atoms with Gasteiger partial charge in [-0.15, -0.1) is 0 Å². The van der Waals surface area contributed by atoms with Gasteiger partial charge in [0.1, 0.15) is 11.6 Å². The number of nitrogens with zero attached hydrogens (tertiary/aromatic N) is 2. The number of phenols is 1. The number of aromatic nitrogens is 2. The molecular formula is C20H22F2N4O. The number of para-hydroxylation sites is 1. The van der Waals surface area contributed by atoms with Gasteiger partial charge in [-0.1, -0.05) is 26.0 Å². The van der Waals surface area contributed by atoms with E-state index in [1.54, 1.807) is 6.07 Å². The molecular weight excluding hydrogens is 350 g/mol. The van der Waals surface area contributed by atoms with Gasteiger partial charge in [0.2, 0.25) is 0 Å². The molecule has 4 N–H and O–H groups in total. The van der Waals surface area contributed by atoms with Gasteiger partial charge in [0, 0.05) is 24.0 Å². The molecule has 3 aromatic rings. The highest BCUT2D eigenvalue weighted by atomic mass is 19.2. The summed E-state index contributed by atoms with van der Waals surface area (Å²) in [5.41, 5.74) is 6.78. The van der Waals surface area contributed by atoms with Crippen LogP contribution >= 0.6 is 0 Å². The van der Waals surface area contributed by atoms with Crippen LogP contribution < -0.4 is 11.1 Å². The van der Waals surface area contributed by atoms with Crippen molar-refractivity contribution in [3.63, 3.8) is 0 Å². The molecule has 0 saturated carbocycles. The summed E-state index contributed by atoms with van der Waals surface area (Å²) < 4.78 is 27.0. The number of nitrogens with one attached hydrogen (secondary N) is 1. The van der Waals surface area contributed by atoms with Crippen LogP contribution in [0, 0.1) is 17.6 Å². The van der Waals surface area contributed by atoms with E-state index >= 15 is 0 Å². The van der Waals surface area contributed by atoms with Crippen LogP contribution in [-0.4, -0.2) is 27.7 Å². The maximum absolute atomic E-state index is 13.7. The summed E-state index contributed by atoms with van der Waals surface area (Å²) in [5.74, 6) is -1.53. The highest BCUT2D eigenvalue weighted by Gasteiger charge is 2.16. The number of hydrogen-bond acceptors (Lipinski definition) is 5. The van der Waals surface area contributed by atoms with Crippen LogP contribution in [0.5, 0.6) is 5.75 Å². The Kier molecular flexibility index (Phi) is 5.51. The standard InChI is InChI=1S/C20H22F2N4O/c1-11(2)7-12(23)10-24-19-13-5-3-4-6-17(13)25-20(26-19)14-8-15(21)16(22)9-18(14)27/h3-6,8-9,11-12,27H,7,10,23H2,1-2H3,(H,24,25,26)/t12-/m1/s1. The Balaban J connectivity index is 2.02. The van der Waals surface area contributed by atoms with Crippen LogP contribution in [0.15, 0.2) is 36.4 Å². The van der Waals surface area contributed by atoms with E-state index in [4.69, 9.17) is 5.73 Å². The van der Waals surface area contributed by atoms with Crippen molar-refractivity contribution in [1.82, 2.24) is 9.97 Å². The van der Waals surface area contributed by atoms with Crippen molar-refractivity contribution in [1.29, 1.82) is 0 Å². The Morgan fingerprint density at radius 2 is 1.81 bits per heavy atom. The number of fused-ring (bicyclic) bond motifs is 1. The second-order valence-electron chi connectivity index (χ2n) is 6.97. The van der Waals surface area contributed by atoms with E-state index in [1.807, 2.05) is 18.2 Å². The lowest BCUT2D eigenvalue weighted by Gasteiger charge is -2.17. The summed E-state index contributed by atoms with van der Waals surface area (Å²) >= 11 is 0. The molecule has 0 spiro atoms. The van der Waals surface area contributed by atoms with Gasteiger partial charge >= 0.3 is 0 Å². The number of hydrogen-bond donors (Lipinski definition) is 3. The average molecular weight is 372 g/mol. The Morgan fingerprint density at radius 3 is 2.56 bits per heavy atom. The van der Waals surface area contributed by atoms with E-state index in [0.29, 0.717) is 23.8 Å². The van der Waals surface area contributed by atoms with Crippen LogP contribution in [-0.2, 0) is 0 Å². The third kappa shape index (κ3) is 4.31. The zero-order valence-corrected chi connectivity index (χ0v) is 15.2. The lowest BCUT2D eigenvalue weighted by Crippen LogP contribution is -2.30. The molecule has 0 fully saturated rings. The van der Waals surface area contributed by atoms with Gasteiger partial charge in [0.05, 0.1) is 11.1 Å². The predicted octanol–water partition coefficient (Wildman–Crippen LogP) is 4.07. The monoisotopic (exact) mass is 372 g/mol. The molecule has 0 bridgehead atoms. The van der Waals surface area contributed by atoms with Gasteiger partial charge in [0.25, 0.3) is 0 Å². The SMILES string of the molecule is CC(C)C[C@@H](N)CNc1nc(-c2cc(F)c(F)cc2O)nc2ccccc12. The molecule has 0 saturated heterocycles. The van der Waals surface area contributed by atoms with E-state index in [2.05, 4.69) is 29.1 Å². The molecule has 0 aliphatic rings. The first-order valence-electron chi connectivity index (χ1n) is 8.79. The molecule has 3 rings (SSSR count). The largest absolute Gasteiger partial charge is 0.507 e. The van der Waals surface area contributed by atoms with Gasteiger partial charge in [0.15, 0.2) is 17.5 Å². The summed E-state index contributed by atoms with van der Waals surface area (Å²) in [6.07, 6.45) is 0.854. The topological polar surface area (TPSA) is 84.1 Å². The minimum Gasteiger partial charge on any atom is -0.507 e. The number of aromatic hydroxyl groups is 1. The number of benzene rings is 2. The van der Waals surface area contributed by atoms with Crippen molar-refractivity contribution in [2.24, 2.45) is 11.7 Å². The minimum atomic E-state index is -1.13. The number of rotatable bonds is 6. The van der Waals surface area contributed by atoms with E-state index in [1.165, 1.54) is 0 Å². The van der Waals surface area contributed by atoms with Gasteiger partial charge < -0.3 is 16.2 Å². The fraction of sp³-hybridized carbons (Fsp3) is 0.300. The third-order valence-electron chi connectivity index (χ3n) is 4.19. The molecule has 0 amide bonds. The summed E-state index contributed by atoms with van der Waals surface area (Å²) in [6.45, 7) is 4.70. The van der Waals surface area contributed by atoms with E-state index < -0.39 is 17.4 Å². The highest BCUT2D eigenvalue weighted by molar-refractivity contribution is 5.90. The maximum atomic E-state index is 13.7. The zero-order valence-electron chi connectivity index (χ0n) is 15.2. The first kappa shape index (κ1) is 19.0. The zero-order chi connectivity index (χ0) is 19.6. The molecule has 7 heteroatoms. The minimum absolute atomic E-state index is 0.0224. The maximum Gasteiger partial charge on any atom is 0.165 e. The third-order valence-corrected chi connectivity index (χ3v) is 4.19. The quantitative estimate of drug-likeness (QED) is 0.608. The Labute approximate surface area is 156 Å². The number of nitrogens with two attached hydrogens (primary N) is 1. The molecule has 0 radical (unpaired) electrons. The number of halogens is 2. The molecule has 1 aromatic heterocycles. The Hall–Kier alpha value is -2.80. The van der Waals surface area contributed by atoms with E-state index in [9.17, 15) is 13.9 Å². The molecule has 2 aromatic carbocycles. The summed E-state index contributed by atoms with van der Waals surface area (Å²) in [5, 5.41) is 14.0. The Bertz CT molecular complexity index is 962. The lowest BCUT2D eigenvalue weighted by atomic mass is 10.0. The van der Waals surface area contributed by atoms with Crippen LogP contribution in [0.4, 0.5) is 14.6 Å². The highest BCUT2D eigenvalue weighted by Crippen LogP contribution is 2.31. The van der Waals surface area contributed by atoms with Crippen LogP contribution in [0.1, 0.15) is 20.3 Å². The number of phenolic OH excluding ortho intramolecular Hbond substituents is 1. The molecule has 1 atom stereocenters. The van der Waals surface area contributed by atoms with Crippen molar-refractivity contribution in [2.75, 3.05) is 11.9 Å². The predicted molar refractivity (Wildman–Crippen MR) is 102 cm³/mol. The molecule has 27 heavy (non-hydrogen) atoms. The summed E-state index contributed by atoms with van der Waals surface area (Å²) in [7, 11) is 0. The van der Waals surface area contributed by atoms with Crippen molar-refractivity contribution in [3.05, 3.63) is 48.0 Å². The fourth-order valence-electron chi connectivity index (χ4n) is 2.96. The molecule has 0 unspecified atom stereocenters. The summed E-state index contributed by atoms with van der Waals surface area (Å²) in [4.78, 5) is 8.81. The molecule has 5 nitrogen and oxygen atoms in total. The van der Waals surface area contributed by atoms with Crippen LogP contribution in [0.3, 0.4) is 0 Å². The van der Waals surface area contributed by atoms with Gasteiger partial charge in [-0.05, 0) is 30.5 Å². The number of anilines is 1.